The molecule has 4 rings (SSSR count). The summed E-state index contributed by atoms with van der Waals surface area (Å²) in [7, 11) is 0. The quantitative estimate of drug-likeness (QED) is 0.585. The Labute approximate surface area is 172 Å². The molecule has 4 amide bonds. The van der Waals surface area contributed by atoms with E-state index in [2.05, 4.69) is 10.6 Å². The van der Waals surface area contributed by atoms with Gasteiger partial charge < -0.3 is 15.4 Å². The molecule has 2 aromatic carbocycles. The van der Waals surface area contributed by atoms with Crippen molar-refractivity contribution in [3.63, 3.8) is 0 Å². The van der Waals surface area contributed by atoms with Crippen LogP contribution in [0.25, 0.3) is 10.8 Å². The summed E-state index contributed by atoms with van der Waals surface area (Å²) >= 11 is 0. The lowest BCUT2D eigenvalue weighted by molar-refractivity contribution is -0.139. The Morgan fingerprint density at radius 2 is 1.67 bits per heavy atom. The normalized spacial score (nSPS) is 18.4. The zero-order valence-electron chi connectivity index (χ0n) is 16.7. The molecule has 30 heavy (non-hydrogen) atoms. The maximum Gasteiger partial charge on any atom is 0.337 e. The number of amides is 4. The lowest BCUT2D eigenvalue weighted by atomic mass is 9.93. The first kappa shape index (κ1) is 19.6. The highest BCUT2D eigenvalue weighted by Gasteiger charge is 2.39. The molecule has 2 aliphatic heterocycles. The van der Waals surface area contributed by atoms with Crippen molar-refractivity contribution in [1.29, 1.82) is 0 Å². The summed E-state index contributed by atoms with van der Waals surface area (Å²) < 4.78 is 5.15. The van der Waals surface area contributed by atoms with Crippen LogP contribution in [-0.2, 0) is 9.53 Å². The highest BCUT2D eigenvalue weighted by atomic mass is 16.5. The van der Waals surface area contributed by atoms with Gasteiger partial charge in [-0.1, -0.05) is 31.2 Å². The van der Waals surface area contributed by atoms with Crippen LogP contribution in [0, 0.1) is 0 Å². The Morgan fingerprint density at radius 1 is 1.03 bits per heavy atom. The van der Waals surface area contributed by atoms with Gasteiger partial charge >= 0.3 is 12.0 Å². The molecular weight excluding hydrogens is 386 g/mol. The van der Waals surface area contributed by atoms with Crippen molar-refractivity contribution in [3.8, 4) is 0 Å². The van der Waals surface area contributed by atoms with Crippen LogP contribution in [0.15, 0.2) is 47.7 Å². The summed E-state index contributed by atoms with van der Waals surface area (Å²) in [6, 6.07) is 9.20. The third-order valence-corrected chi connectivity index (χ3v) is 5.31. The Morgan fingerprint density at radius 3 is 2.23 bits per heavy atom. The number of esters is 1. The van der Waals surface area contributed by atoms with E-state index in [-0.39, 0.29) is 18.7 Å². The van der Waals surface area contributed by atoms with E-state index < -0.39 is 29.9 Å². The number of allylic oxidation sites excluding steroid dienone is 1. The maximum atomic E-state index is 13.2. The Kier molecular flexibility index (Phi) is 4.99. The lowest BCUT2D eigenvalue weighted by Crippen LogP contribution is -2.56. The minimum Gasteiger partial charge on any atom is -0.463 e. The molecule has 2 aromatic rings. The summed E-state index contributed by atoms with van der Waals surface area (Å²) in [5, 5.41) is 6.70. The maximum absolute atomic E-state index is 13.2. The Balaban J connectivity index is 1.74. The fourth-order valence-electron chi connectivity index (χ4n) is 4.00. The molecule has 8 heteroatoms. The van der Waals surface area contributed by atoms with Crippen LogP contribution in [0.3, 0.4) is 0 Å². The van der Waals surface area contributed by atoms with Crippen LogP contribution < -0.4 is 10.6 Å². The number of hydrogen-bond donors (Lipinski definition) is 2. The number of ether oxygens (including phenoxy) is 1. The van der Waals surface area contributed by atoms with E-state index in [1.165, 1.54) is 0 Å². The molecule has 2 heterocycles. The molecule has 0 bridgehead atoms. The number of carbonyl (C=O) groups is 4. The van der Waals surface area contributed by atoms with E-state index in [9.17, 15) is 19.2 Å². The first-order valence-electron chi connectivity index (χ1n) is 9.81. The summed E-state index contributed by atoms with van der Waals surface area (Å²) in [6.07, 6.45) is 0.391. The predicted octanol–water partition coefficient (Wildman–Crippen LogP) is 2.34. The third kappa shape index (κ3) is 3.10. The minimum atomic E-state index is -0.870. The second-order valence-corrected chi connectivity index (χ2v) is 7.05. The molecule has 2 aliphatic rings. The third-order valence-electron chi connectivity index (χ3n) is 5.31. The zero-order valence-corrected chi connectivity index (χ0v) is 16.7. The Bertz CT molecular complexity index is 1070. The van der Waals surface area contributed by atoms with Gasteiger partial charge in [-0.2, -0.15) is 0 Å². The van der Waals surface area contributed by atoms with Crippen molar-refractivity contribution < 1.29 is 23.9 Å². The molecule has 2 N–H and O–H groups in total. The number of nitrogens with one attached hydrogen (secondary N) is 2. The lowest BCUT2D eigenvalue weighted by Gasteiger charge is -2.34. The molecule has 0 fully saturated rings. The van der Waals surface area contributed by atoms with Gasteiger partial charge in [0.1, 0.15) is 0 Å². The van der Waals surface area contributed by atoms with Crippen LogP contribution in [0.1, 0.15) is 41.0 Å². The van der Waals surface area contributed by atoms with Gasteiger partial charge in [-0.3, -0.25) is 14.5 Å². The second-order valence-electron chi connectivity index (χ2n) is 7.05. The smallest absolute Gasteiger partial charge is 0.337 e. The number of nitrogens with zero attached hydrogens (tertiary/aromatic N) is 1. The zero-order chi connectivity index (χ0) is 21.4. The average Bonchev–Trinajstić information content (AvgIpc) is 2.74. The molecule has 0 saturated carbocycles. The van der Waals surface area contributed by atoms with Crippen molar-refractivity contribution in [2.45, 2.75) is 26.3 Å². The van der Waals surface area contributed by atoms with Gasteiger partial charge in [-0.25, -0.2) is 9.59 Å². The van der Waals surface area contributed by atoms with E-state index in [0.717, 1.165) is 10.3 Å². The molecule has 0 radical (unpaired) electrons. The van der Waals surface area contributed by atoms with Crippen molar-refractivity contribution in [3.05, 3.63) is 58.8 Å². The second kappa shape index (κ2) is 7.62. The standard InChI is InChI=1S/C22H21N3O5/c1-3-15-18(21(28)30-4-2)16(24-22(29)23-15)11-25-19(26)13-9-5-7-12-8-6-10-14(17(12)13)20(25)27/h5-10,16H,3-4,11H2,1-2H3,(H2,23,24,29). The van der Waals surface area contributed by atoms with Crippen molar-refractivity contribution in [1.82, 2.24) is 15.5 Å². The van der Waals surface area contributed by atoms with Gasteiger partial charge in [0.05, 0.1) is 24.8 Å². The molecule has 1 atom stereocenters. The SMILES string of the molecule is CCOC(=O)C1=C(CC)NC(=O)NC1CN1C(=O)c2cccc3cccc(c23)C1=O. The van der Waals surface area contributed by atoms with Crippen LogP contribution in [0.2, 0.25) is 0 Å². The Hall–Kier alpha value is -3.68. The molecule has 0 aliphatic carbocycles. The largest absolute Gasteiger partial charge is 0.463 e. The van der Waals surface area contributed by atoms with Crippen molar-refractivity contribution in [2.75, 3.05) is 13.2 Å². The van der Waals surface area contributed by atoms with Gasteiger partial charge in [0, 0.05) is 22.2 Å². The summed E-state index contributed by atoms with van der Waals surface area (Å²) in [5.74, 6) is -1.51. The van der Waals surface area contributed by atoms with Gasteiger partial charge in [0.15, 0.2) is 0 Å². The molecule has 154 valence electrons. The van der Waals surface area contributed by atoms with Gasteiger partial charge in [0.2, 0.25) is 0 Å². The summed E-state index contributed by atoms with van der Waals surface area (Å²) in [5.41, 5.74) is 1.47. The van der Waals surface area contributed by atoms with E-state index in [1.807, 2.05) is 12.1 Å². The predicted molar refractivity (Wildman–Crippen MR) is 109 cm³/mol. The highest BCUT2D eigenvalue weighted by Crippen LogP contribution is 2.30. The highest BCUT2D eigenvalue weighted by molar-refractivity contribution is 6.25. The minimum absolute atomic E-state index is 0.164. The number of carbonyl (C=O) groups excluding carboxylic acids is 4. The number of imide groups is 1. The molecule has 0 saturated heterocycles. The first-order chi connectivity index (χ1) is 14.5. The molecule has 1 unspecified atom stereocenters. The number of hydrogen-bond acceptors (Lipinski definition) is 5. The van der Waals surface area contributed by atoms with Crippen LogP contribution in [0.5, 0.6) is 0 Å². The molecule has 0 aromatic heterocycles. The average molecular weight is 407 g/mol. The monoisotopic (exact) mass is 407 g/mol. The van der Waals surface area contributed by atoms with Crippen molar-refractivity contribution in [2.24, 2.45) is 0 Å². The van der Waals surface area contributed by atoms with Gasteiger partial charge in [-0.15, -0.1) is 0 Å². The molecular formula is C22H21N3O5. The van der Waals surface area contributed by atoms with Crippen LogP contribution in [-0.4, -0.2) is 47.9 Å². The number of benzene rings is 2. The van der Waals surface area contributed by atoms with Crippen LogP contribution >= 0.6 is 0 Å². The van der Waals surface area contributed by atoms with E-state index in [4.69, 9.17) is 4.74 Å². The fourth-order valence-corrected chi connectivity index (χ4v) is 4.00. The van der Waals surface area contributed by atoms with Crippen LogP contribution in [0.4, 0.5) is 4.79 Å². The molecule has 0 spiro atoms. The summed E-state index contributed by atoms with van der Waals surface area (Å²) in [4.78, 5) is 52.1. The fraction of sp³-hybridized carbons (Fsp3) is 0.273. The van der Waals surface area contributed by atoms with Gasteiger partial charge in [0.25, 0.3) is 11.8 Å². The van der Waals surface area contributed by atoms with Crippen molar-refractivity contribution >= 4 is 34.6 Å². The molecule has 8 nitrogen and oxygen atoms in total. The van der Waals surface area contributed by atoms with Gasteiger partial charge in [-0.05, 0) is 30.9 Å². The van der Waals surface area contributed by atoms with E-state index in [1.54, 1.807) is 38.1 Å². The first-order valence-corrected chi connectivity index (χ1v) is 9.81. The van der Waals surface area contributed by atoms with E-state index >= 15 is 0 Å². The van der Waals surface area contributed by atoms with E-state index in [0.29, 0.717) is 28.6 Å². The number of urea groups is 1. The topological polar surface area (TPSA) is 105 Å². The summed E-state index contributed by atoms with van der Waals surface area (Å²) in [6.45, 7) is 3.47. The number of rotatable bonds is 5.